The predicted molar refractivity (Wildman–Crippen MR) is 56.3 cm³/mol. The van der Waals surface area contributed by atoms with Crippen LogP contribution in [0.1, 0.15) is 32.8 Å². The molecule has 1 heterocycles. The molecule has 0 aliphatic heterocycles. The summed E-state index contributed by atoms with van der Waals surface area (Å²) in [4.78, 5) is 13.5. The Balaban J connectivity index is 2.80. The van der Waals surface area contributed by atoms with E-state index in [0.29, 0.717) is 0 Å². The molecule has 1 aromatic rings. The SMILES string of the molecule is CCCOC(C)(C)c1ccc(=O)[nH]c1. The summed E-state index contributed by atoms with van der Waals surface area (Å²) in [6.45, 7) is 6.79. The highest BCUT2D eigenvalue weighted by molar-refractivity contribution is 5.16. The van der Waals surface area contributed by atoms with Crippen molar-refractivity contribution >= 4 is 0 Å². The second-order valence-electron chi connectivity index (χ2n) is 3.80. The first-order valence-electron chi connectivity index (χ1n) is 4.89. The van der Waals surface area contributed by atoms with Crippen LogP contribution >= 0.6 is 0 Å². The molecule has 0 saturated heterocycles. The van der Waals surface area contributed by atoms with Crippen LogP contribution in [0.3, 0.4) is 0 Å². The van der Waals surface area contributed by atoms with Crippen molar-refractivity contribution in [2.24, 2.45) is 0 Å². The van der Waals surface area contributed by atoms with Crippen LogP contribution in [0, 0.1) is 0 Å². The number of H-pyrrole nitrogens is 1. The van der Waals surface area contributed by atoms with Crippen molar-refractivity contribution < 1.29 is 4.74 Å². The van der Waals surface area contributed by atoms with Gasteiger partial charge in [-0.15, -0.1) is 0 Å². The molecule has 0 saturated carbocycles. The van der Waals surface area contributed by atoms with Gasteiger partial charge < -0.3 is 9.72 Å². The molecule has 1 aromatic heterocycles. The van der Waals surface area contributed by atoms with Crippen molar-refractivity contribution in [3.63, 3.8) is 0 Å². The van der Waals surface area contributed by atoms with Gasteiger partial charge >= 0.3 is 0 Å². The molecule has 0 atom stereocenters. The van der Waals surface area contributed by atoms with Crippen LogP contribution in [0.4, 0.5) is 0 Å². The zero-order valence-electron chi connectivity index (χ0n) is 8.96. The number of aromatic nitrogens is 1. The monoisotopic (exact) mass is 195 g/mol. The van der Waals surface area contributed by atoms with Crippen LogP contribution in [-0.4, -0.2) is 11.6 Å². The molecular formula is C11H17NO2. The van der Waals surface area contributed by atoms with Crippen LogP contribution in [0.5, 0.6) is 0 Å². The van der Waals surface area contributed by atoms with Crippen LogP contribution < -0.4 is 5.56 Å². The summed E-state index contributed by atoms with van der Waals surface area (Å²) in [7, 11) is 0. The van der Waals surface area contributed by atoms with Gasteiger partial charge in [0, 0.05) is 18.9 Å². The van der Waals surface area contributed by atoms with E-state index < -0.39 is 0 Å². The van der Waals surface area contributed by atoms with E-state index in [-0.39, 0.29) is 11.2 Å². The Bertz CT molecular complexity index is 321. The van der Waals surface area contributed by atoms with Crippen molar-refractivity contribution in [3.05, 3.63) is 34.2 Å². The molecule has 0 aliphatic rings. The molecule has 1 rings (SSSR count). The molecule has 3 heteroatoms. The second kappa shape index (κ2) is 4.42. The zero-order chi connectivity index (χ0) is 10.6. The molecule has 0 radical (unpaired) electrons. The Morgan fingerprint density at radius 2 is 2.14 bits per heavy atom. The first kappa shape index (κ1) is 11.0. The van der Waals surface area contributed by atoms with Gasteiger partial charge in [0.2, 0.25) is 5.56 Å². The van der Waals surface area contributed by atoms with Crippen molar-refractivity contribution in [3.8, 4) is 0 Å². The summed E-state index contributed by atoms with van der Waals surface area (Å²) < 4.78 is 5.68. The van der Waals surface area contributed by atoms with E-state index in [1.165, 1.54) is 6.07 Å². The lowest BCUT2D eigenvalue weighted by molar-refractivity contribution is -0.0215. The van der Waals surface area contributed by atoms with Gasteiger partial charge in [0.15, 0.2) is 0 Å². The highest BCUT2D eigenvalue weighted by Crippen LogP contribution is 2.22. The average molecular weight is 195 g/mol. The fraction of sp³-hybridized carbons (Fsp3) is 0.545. The molecule has 1 N–H and O–H groups in total. The number of ether oxygens (including phenoxy) is 1. The van der Waals surface area contributed by atoms with E-state index in [2.05, 4.69) is 11.9 Å². The third-order valence-corrected chi connectivity index (χ3v) is 2.15. The number of nitrogens with one attached hydrogen (secondary N) is 1. The summed E-state index contributed by atoms with van der Waals surface area (Å²) in [5.41, 5.74) is 0.575. The van der Waals surface area contributed by atoms with Crippen LogP contribution in [0.25, 0.3) is 0 Å². The maximum absolute atomic E-state index is 10.9. The van der Waals surface area contributed by atoms with Gasteiger partial charge in [-0.3, -0.25) is 4.79 Å². The Morgan fingerprint density at radius 1 is 1.43 bits per heavy atom. The number of aromatic amines is 1. The number of hydrogen-bond donors (Lipinski definition) is 1. The normalized spacial score (nSPS) is 11.6. The Kier molecular flexibility index (Phi) is 3.47. The van der Waals surface area contributed by atoms with Crippen LogP contribution in [-0.2, 0) is 10.3 Å². The van der Waals surface area contributed by atoms with Crippen LogP contribution in [0.15, 0.2) is 23.1 Å². The van der Waals surface area contributed by atoms with Gasteiger partial charge in [-0.1, -0.05) is 6.92 Å². The van der Waals surface area contributed by atoms with Crippen LogP contribution in [0.2, 0.25) is 0 Å². The van der Waals surface area contributed by atoms with Crippen molar-refractivity contribution in [1.29, 1.82) is 0 Å². The van der Waals surface area contributed by atoms with Gasteiger partial charge in [0.1, 0.15) is 0 Å². The van der Waals surface area contributed by atoms with Crippen molar-refractivity contribution in [1.82, 2.24) is 4.98 Å². The molecule has 0 fully saturated rings. The third kappa shape index (κ3) is 2.70. The third-order valence-electron chi connectivity index (χ3n) is 2.15. The Labute approximate surface area is 84.1 Å². The smallest absolute Gasteiger partial charge is 0.247 e. The van der Waals surface area contributed by atoms with E-state index in [9.17, 15) is 4.79 Å². The summed E-state index contributed by atoms with van der Waals surface area (Å²) in [5.74, 6) is 0. The van der Waals surface area contributed by atoms with Gasteiger partial charge in [0.05, 0.1) is 5.60 Å². The highest BCUT2D eigenvalue weighted by atomic mass is 16.5. The predicted octanol–water partition coefficient (Wildman–Crippen LogP) is 2.04. The van der Waals surface area contributed by atoms with Gasteiger partial charge in [-0.2, -0.15) is 0 Å². The fourth-order valence-corrected chi connectivity index (χ4v) is 1.23. The largest absolute Gasteiger partial charge is 0.371 e. The fourth-order valence-electron chi connectivity index (χ4n) is 1.23. The number of pyridine rings is 1. The van der Waals surface area contributed by atoms with E-state index in [0.717, 1.165) is 18.6 Å². The zero-order valence-corrected chi connectivity index (χ0v) is 8.96. The average Bonchev–Trinajstić information content (AvgIpc) is 2.16. The minimum Gasteiger partial charge on any atom is -0.371 e. The van der Waals surface area contributed by atoms with Crippen molar-refractivity contribution in [2.75, 3.05) is 6.61 Å². The Hall–Kier alpha value is -1.09. The molecule has 78 valence electrons. The van der Waals surface area contributed by atoms with Gasteiger partial charge in [-0.05, 0) is 31.9 Å². The lowest BCUT2D eigenvalue weighted by Gasteiger charge is -2.25. The maximum Gasteiger partial charge on any atom is 0.247 e. The standard InChI is InChI=1S/C11H17NO2/c1-4-7-14-11(2,3)9-5-6-10(13)12-8-9/h5-6,8H,4,7H2,1-3H3,(H,12,13). The second-order valence-corrected chi connectivity index (χ2v) is 3.80. The minimum absolute atomic E-state index is 0.0833. The quantitative estimate of drug-likeness (QED) is 0.798. The first-order chi connectivity index (χ1) is 6.56. The molecule has 0 aromatic carbocycles. The highest BCUT2D eigenvalue weighted by Gasteiger charge is 2.20. The molecule has 3 nitrogen and oxygen atoms in total. The molecule has 0 bridgehead atoms. The van der Waals surface area contributed by atoms with E-state index in [4.69, 9.17) is 4.74 Å². The molecular weight excluding hydrogens is 178 g/mol. The summed E-state index contributed by atoms with van der Waals surface area (Å²) in [6, 6.07) is 3.32. The molecule has 0 spiro atoms. The van der Waals surface area contributed by atoms with Crippen molar-refractivity contribution in [2.45, 2.75) is 32.8 Å². The lowest BCUT2D eigenvalue weighted by Crippen LogP contribution is -2.23. The minimum atomic E-state index is -0.333. The Morgan fingerprint density at radius 3 is 2.64 bits per heavy atom. The lowest BCUT2D eigenvalue weighted by atomic mass is 10.0. The molecule has 0 unspecified atom stereocenters. The van der Waals surface area contributed by atoms with E-state index in [1.807, 2.05) is 13.8 Å². The number of rotatable bonds is 4. The first-order valence-corrected chi connectivity index (χ1v) is 4.89. The number of hydrogen-bond acceptors (Lipinski definition) is 2. The van der Waals surface area contributed by atoms with Gasteiger partial charge in [0.25, 0.3) is 0 Å². The summed E-state index contributed by atoms with van der Waals surface area (Å²) in [6.07, 6.45) is 2.70. The topological polar surface area (TPSA) is 42.1 Å². The maximum atomic E-state index is 10.9. The van der Waals surface area contributed by atoms with E-state index >= 15 is 0 Å². The summed E-state index contributed by atoms with van der Waals surface area (Å²) >= 11 is 0. The molecule has 0 amide bonds. The van der Waals surface area contributed by atoms with Gasteiger partial charge in [-0.25, -0.2) is 0 Å². The molecule has 14 heavy (non-hydrogen) atoms. The summed E-state index contributed by atoms with van der Waals surface area (Å²) in [5, 5.41) is 0. The molecule has 0 aliphatic carbocycles. The van der Waals surface area contributed by atoms with E-state index in [1.54, 1.807) is 12.3 Å².